The number of carbonyl (C=O) groups is 1. The number of carboxylic acid groups (broad SMARTS) is 1. The van der Waals surface area contributed by atoms with Crippen molar-refractivity contribution in [3.05, 3.63) is 29.8 Å². The molecule has 0 aliphatic heterocycles. The van der Waals surface area contributed by atoms with Crippen LogP contribution >= 0.6 is 0 Å². The number of ether oxygens (including phenoxy) is 2. The second-order valence-corrected chi connectivity index (χ2v) is 4.29. The Morgan fingerprint density at radius 1 is 1.33 bits per heavy atom. The molecule has 0 aliphatic carbocycles. The Kier molecular flexibility index (Phi) is 5.65. The minimum Gasteiger partial charge on any atom is -0.490 e. The first-order valence-electron chi connectivity index (χ1n) is 6.12. The molecule has 0 saturated carbocycles. The first kappa shape index (κ1) is 14.5. The quantitative estimate of drug-likeness (QED) is 0.810. The van der Waals surface area contributed by atoms with Crippen LogP contribution < -0.4 is 4.74 Å². The minimum absolute atomic E-state index is 0.0207. The Balaban J connectivity index is 2.70. The molecule has 0 spiro atoms. The van der Waals surface area contributed by atoms with Crippen LogP contribution in [0, 0.1) is 0 Å². The molecule has 100 valence electrons. The third-order valence-electron chi connectivity index (χ3n) is 2.57. The van der Waals surface area contributed by atoms with Gasteiger partial charge in [-0.2, -0.15) is 0 Å². The molecule has 4 heteroatoms. The van der Waals surface area contributed by atoms with E-state index in [9.17, 15) is 4.79 Å². The normalized spacial score (nSPS) is 12.4. The smallest absolute Gasteiger partial charge is 0.336 e. The molecule has 18 heavy (non-hydrogen) atoms. The van der Waals surface area contributed by atoms with Crippen molar-refractivity contribution in [2.24, 2.45) is 0 Å². The fraction of sp³-hybridized carbons (Fsp3) is 0.500. The average molecular weight is 252 g/mol. The maximum absolute atomic E-state index is 10.9. The van der Waals surface area contributed by atoms with E-state index >= 15 is 0 Å². The molecular weight excluding hydrogens is 232 g/mol. The lowest BCUT2D eigenvalue weighted by Crippen LogP contribution is -2.30. The molecular formula is C14H20O4. The summed E-state index contributed by atoms with van der Waals surface area (Å²) in [5.41, 5.74) is 1.07. The van der Waals surface area contributed by atoms with Crippen molar-refractivity contribution in [3.63, 3.8) is 0 Å². The number of hydrogen-bond acceptors (Lipinski definition) is 3. The zero-order chi connectivity index (χ0) is 13.5. The molecule has 1 N–H and O–H groups in total. The minimum atomic E-state index is -1.00. The van der Waals surface area contributed by atoms with Crippen LogP contribution in [0.3, 0.4) is 0 Å². The lowest BCUT2D eigenvalue weighted by Gasteiger charge is -2.17. The summed E-state index contributed by atoms with van der Waals surface area (Å²) in [6.45, 7) is 6.27. The van der Waals surface area contributed by atoms with Crippen molar-refractivity contribution in [1.29, 1.82) is 0 Å². The first-order valence-corrected chi connectivity index (χ1v) is 6.12. The van der Waals surface area contributed by atoms with Gasteiger partial charge in [-0.15, -0.1) is 0 Å². The lowest BCUT2D eigenvalue weighted by atomic mass is 10.0. The van der Waals surface area contributed by atoms with Crippen LogP contribution in [-0.4, -0.2) is 30.4 Å². The summed E-state index contributed by atoms with van der Waals surface area (Å²) in [5.74, 6) is 0.0499. The zero-order valence-electron chi connectivity index (χ0n) is 11.1. The standard InChI is InChI=1S/C14H20O4/c1-4-17-13(14(15)16)9-18-12-8-6-5-7-11(12)10(2)3/h5-8,10,13H,4,9H2,1-3H3,(H,15,16). The highest BCUT2D eigenvalue weighted by atomic mass is 16.5. The van der Waals surface area contributed by atoms with E-state index in [0.717, 1.165) is 11.3 Å². The van der Waals surface area contributed by atoms with Crippen LogP contribution in [-0.2, 0) is 9.53 Å². The molecule has 1 unspecified atom stereocenters. The van der Waals surface area contributed by atoms with Gasteiger partial charge in [0.05, 0.1) is 0 Å². The van der Waals surface area contributed by atoms with Crippen LogP contribution in [0.1, 0.15) is 32.3 Å². The highest BCUT2D eigenvalue weighted by molar-refractivity contribution is 5.72. The summed E-state index contributed by atoms with van der Waals surface area (Å²) < 4.78 is 10.7. The maximum atomic E-state index is 10.9. The largest absolute Gasteiger partial charge is 0.490 e. The van der Waals surface area contributed by atoms with Crippen molar-refractivity contribution < 1.29 is 19.4 Å². The van der Waals surface area contributed by atoms with Gasteiger partial charge in [-0.3, -0.25) is 0 Å². The fourth-order valence-corrected chi connectivity index (χ4v) is 1.65. The van der Waals surface area contributed by atoms with Crippen LogP contribution in [0.2, 0.25) is 0 Å². The summed E-state index contributed by atoms with van der Waals surface area (Å²) in [4.78, 5) is 10.9. The van der Waals surface area contributed by atoms with Crippen molar-refractivity contribution >= 4 is 5.97 Å². The van der Waals surface area contributed by atoms with Crippen LogP contribution in [0.4, 0.5) is 0 Å². The average Bonchev–Trinajstić information content (AvgIpc) is 2.34. The Morgan fingerprint density at radius 3 is 2.56 bits per heavy atom. The molecule has 0 aliphatic rings. The Morgan fingerprint density at radius 2 is 2.00 bits per heavy atom. The van der Waals surface area contributed by atoms with Crippen molar-refractivity contribution in [2.45, 2.75) is 32.8 Å². The second-order valence-electron chi connectivity index (χ2n) is 4.29. The van der Waals surface area contributed by atoms with E-state index in [1.165, 1.54) is 0 Å². The predicted molar refractivity (Wildman–Crippen MR) is 69.1 cm³/mol. The number of rotatable bonds is 7. The number of para-hydroxylation sites is 1. The van der Waals surface area contributed by atoms with Crippen molar-refractivity contribution in [2.75, 3.05) is 13.2 Å². The first-order chi connectivity index (χ1) is 8.56. The van der Waals surface area contributed by atoms with E-state index in [1.807, 2.05) is 24.3 Å². The molecule has 0 bridgehead atoms. The van der Waals surface area contributed by atoms with E-state index < -0.39 is 12.1 Å². The molecule has 1 atom stereocenters. The topological polar surface area (TPSA) is 55.8 Å². The molecule has 0 fully saturated rings. The highest BCUT2D eigenvalue weighted by Gasteiger charge is 2.19. The summed E-state index contributed by atoms with van der Waals surface area (Å²) >= 11 is 0. The van der Waals surface area contributed by atoms with E-state index in [4.69, 9.17) is 14.6 Å². The molecule has 0 amide bonds. The van der Waals surface area contributed by atoms with Crippen LogP contribution in [0.15, 0.2) is 24.3 Å². The van der Waals surface area contributed by atoms with Gasteiger partial charge in [0.1, 0.15) is 12.4 Å². The molecule has 0 aromatic heterocycles. The monoisotopic (exact) mass is 252 g/mol. The summed E-state index contributed by atoms with van der Waals surface area (Å²) in [6, 6.07) is 7.65. The van der Waals surface area contributed by atoms with Gasteiger partial charge in [-0.05, 0) is 24.5 Å². The van der Waals surface area contributed by atoms with Crippen molar-refractivity contribution in [3.8, 4) is 5.75 Å². The van der Waals surface area contributed by atoms with Gasteiger partial charge in [0.2, 0.25) is 0 Å². The lowest BCUT2D eigenvalue weighted by molar-refractivity contribution is -0.152. The SMILES string of the molecule is CCOC(COc1ccccc1C(C)C)C(=O)O. The summed E-state index contributed by atoms with van der Waals surface area (Å²) in [5, 5.41) is 8.96. The van der Waals surface area contributed by atoms with Crippen LogP contribution in [0.25, 0.3) is 0 Å². The van der Waals surface area contributed by atoms with Gasteiger partial charge in [-0.1, -0.05) is 32.0 Å². The van der Waals surface area contributed by atoms with E-state index in [1.54, 1.807) is 6.92 Å². The summed E-state index contributed by atoms with van der Waals surface area (Å²) in [7, 11) is 0. The second kappa shape index (κ2) is 7.01. The summed E-state index contributed by atoms with van der Waals surface area (Å²) in [6.07, 6.45) is -0.921. The van der Waals surface area contributed by atoms with Gasteiger partial charge < -0.3 is 14.6 Å². The molecule has 1 aromatic carbocycles. The van der Waals surface area contributed by atoms with Crippen LogP contribution in [0.5, 0.6) is 5.75 Å². The van der Waals surface area contributed by atoms with Gasteiger partial charge in [-0.25, -0.2) is 4.79 Å². The number of hydrogen-bond donors (Lipinski definition) is 1. The Labute approximate surface area is 108 Å². The molecule has 0 radical (unpaired) electrons. The van der Waals surface area contributed by atoms with E-state index in [-0.39, 0.29) is 6.61 Å². The third-order valence-corrected chi connectivity index (χ3v) is 2.57. The molecule has 1 rings (SSSR count). The predicted octanol–water partition coefficient (Wildman–Crippen LogP) is 2.68. The highest BCUT2D eigenvalue weighted by Crippen LogP contribution is 2.25. The Bertz CT molecular complexity index is 387. The van der Waals surface area contributed by atoms with Gasteiger partial charge in [0.25, 0.3) is 0 Å². The van der Waals surface area contributed by atoms with E-state index in [2.05, 4.69) is 13.8 Å². The van der Waals surface area contributed by atoms with Gasteiger partial charge >= 0.3 is 5.97 Å². The van der Waals surface area contributed by atoms with Gasteiger partial charge in [0, 0.05) is 6.61 Å². The maximum Gasteiger partial charge on any atom is 0.336 e. The molecule has 1 aromatic rings. The van der Waals surface area contributed by atoms with Crippen molar-refractivity contribution in [1.82, 2.24) is 0 Å². The number of aliphatic carboxylic acids is 1. The number of benzene rings is 1. The van der Waals surface area contributed by atoms with Gasteiger partial charge in [0.15, 0.2) is 6.10 Å². The Hall–Kier alpha value is -1.55. The van der Waals surface area contributed by atoms with E-state index in [0.29, 0.717) is 12.5 Å². The molecule has 4 nitrogen and oxygen atoms in total. The zero-order valence-corrected chi connectivity index (χ0v) is 11.1. The fourth-order valence-electron chi connectivity index (χ4n) is 1.65. The molecule has 0 saturated heterocycles. The third kappa shape index (κ3) is 4.04. The molecule has 0 heterocycles. The number of carboxylic acids is 1.